The van der Waals surface area contributed by atoms with Gasteiger partial charge in [0.2, 0.25) is 0 Å². The Labute approximate surface area is 280 Å². The van der Waals surface area contributed by atoms with Crippen molar-refractivity contribution in [2.24, 2.45) is 17.3 Å². The summed E-state index contributed by atoms with van der Waals surface area (Å²) in [5, 5.41) is 0. The van der Waals surface area contributed by atoms with Crippen LogP contribution in [0.25, 0.3) is 0 Å². The maximum Gasteiger partial charge on any atom is 0.0211 e. The van der Waals surface area contributed by atoms with Gasteiger partial charge in [0.1, 0.15) is 0 Å². The third-order valence-corrected chi connectivity index (χ3v) is 12.9. The Morgan fingerprint density at radius 2 is 1.32 bits per heavy atom. The monoisotopic (exact) mass is 623 g/mol. The lowest BCUT2D eigenvalue weighted by Gasteiger charge is -2.30. The molecule has 4 nitrogen and oxygen atoms in total. The summed E-state index contributed by atoms with van der Waals surface area (Å²) in [5.74, 6) is 1.91. The summed E-state index contributed by atoms with van der Waals surface area (Å²) in [6.07, 6.45) is 21.5. The molecule has 0 aromatic rings. The average Bonchev–Trinajstić information content (AvgIpc) is 3.45. The van der Waals surface area contributed by atoms with E-state index in [0.29, 0.717) is 11.1 Å². The van der Waals surface area contributed by atoms with Crippen LogP contribution in [0.15, 0.2) is 0 Å². The van der Waals surface area contributed by atoms with E-state index in [2.05, 4.69) is 82.3 Å². The van der Waals surface area contributed by atoms with E-state index in [1.807, 2.05) is 0 Å². The first kappa shape index (κ1) is 43.8. The van der Waals surface area contributed by atoms with Crippen molar-refractivity contribution in [1.82, 2.24) is 19.6 Å². The summed E-state index contributed by atoms with van der Waals surface area (Å²) in [6, 6.07) is 2.70. The molecule has 7 fully saturated rings. The first-order valence-electron chi connectivity index (χ1n) is 17.9. The van der Waals surface area contributed by atoms with Gasteiger partial charge in [0, 0.05) is 35.7 Å². The first-order chi connectivity index (χ1) is 19.0. The highest BCUT2D eigenvalue weighted by Gasteiger charge is 2.59. The second kappa shape index (κ2) is 18.4. The number of hydrogen-bond acceptors (Lipinski definition) is 4. The zero-order chi connectivity index (χ0) is 29.1. The van der Waals surface area contributed by atoms with Gasteiger partial charge in [0.05, 0.1) is 0 Å². The number of likely N-dealkylation sites (tertiary alicyclic amines) is 3. The maximum atomic E-state index is 2.72. The van der Waals surface area contributed by atoms with Crippen molar-refractivity contribution in [2.45, 2.75) is 197 Å². The largest absolute Gasteiger partial charge is 0.303 e. The molecule has 5 atom stereocenters. The quantitative estimate of drug-likeness (QED) is 0.302. The van der Waals surface area contributed by atoms with Crippen molar-refractivity contribution in [2.75, 3.05) is 47.3 Å². The number of rotatable bonds is 5. The minimum absolute atomic E-state index is 0. The highest BCUT2D eigenvalue weighted by molar-refractivity contribution is 5.11. The molecule has 5 saturated heterocycles. The fraction of sp³-hybridized carbons (Fsp3) is 1.00. The van der Waals surface area contributed by atoms with Gasteiger partial charge in [-0.2, -0.15) is 0 Å². The Morgan fingerprint density at radius 3 is 1.64 bits per heavy atom. The van der Waals surface area contributed by atoms with Gasteiger partial charge in [-0.15, -0.1) is 0 Å². The number of fused-ring (bicyclic) bond motifs is 2. The van der Waals surface area contributed by atoms with Crippen LogP contribution in [-0.2, 0) is 0 Å². The number of nitrogens with zero attached hydrogens (tertiary/aromatic N) is 4. The van der Waals surface area contributed by atoms with Gasteiger partial charge in [-0.25, -0.2) is 0 Å². The van der Waals surface area contributed by atoms with E-state index < -0.39 is 0 Å². The van der Waals surface area contributed by atoms with E-state index in [0.717, 1.165) is 35.4 Å². The molecule has 2 aliphatic carbocycles. The standard InChI is InChI=1S/3C9H17N.C9H19N.4CH4/c1-4-8-7-5-9(7,2)6-10(8)3;1-3-8-4-5-9(6-7-9)10(8)2;1-2-9-5-3-7-10(9)8-4-6-9;1-8(2)7-9-5-4-6-10(9)3;;;;/h7-8H,4-6H2,1-3H3;8H,3-7H2,1-2H3;2-8H2,1H3;8-9H,4-7H2,1-3H3;4*1H4/t7-,8+,9+;;;9-;;;;/m0..0..../s1. The lowest BCUT2D eigenvalue weighted by Crippen LogP contribution is -2.37. The van der Waals surface area contributed by atoms with Crippen molar-refractivity contribution in [1.29, 1.82) is 0 Å². The fourth-order valence-corrected chi connectivity index (χ4v) is 9.86. The zero-order valence-corrected chi connectivity index (χ0v) is 28.6. The van der Waals surface area contributed by atoms with Crippen LogP contribution in [0.2, 0.25) is 0 Å². The molecule has 1 unspecified atom stereocenters. The smallest absolute Gasteiger partial charge is 0.0211 e. The summed E-state index contributed by atoms with van der Waals surface area (Å²) in [6.45, 7) is 19.5. The Kier molecular flexibility index (Phi) is 18.3. The summed E-state index contributed by atoms with van der Waals surface area (Å²) in [4.78, 5) is 10.4. The lowest BCUT2D eigenvalue weighted by atomic mass is 9.91. The summed E-state index contributed by atoms with van der Waals surface area (Å²) < 4.78 is 0. The second-order valence-corrected chi connectivity index (χ2v) is 16.0. The highest BCUT2D eigenvalue weighted by atomic mass is 15.3. The summed E-state index contributed by atoms with van der Waals surface area (Å²) in [5.41, 5.74) is 2.12. The molecule has 0 radical (unpaired) electrons. The van der Waals surface area contributed by atoms with Gasteiger partial charge >= 0.3 is 0 Å². The molecule has 5 heterocycles. The van der Waals surface area contributed by atoms with E-state index >= 15 is 0 Å². The molecule has 0 amide bonds. The molecule has 0 aromatic heterocycles. The molecule has 7 rings (SSSR count). The van der Waals surface area contributed by atoms with Gasteiger partial charge in [0.15, 0.2) is 0 Å². The maximum absolute atomic E-state index is 2.72. The van der Waals surface area contributed by atoms with Crippen LogP contribution in [0.5, 0.6) is 0 Å². The third kappa shape index (κ3) is 9.93. The Bertz CT molecular complexity index is 767. The fourth-order valence-electron chi connectivity index (χ4n) is 9.86. The molecule has 266 valence electrons. The number of hydrogen-bond donors (Lipinski definition) is 0. The molecule has 5 aliphatic heterocycles. The van der Waals surface area contributed by atoms with Gasteiger partial charge in [-0.05, 0) is 154 Å². The SMILES string of the molecule is C.C.C.C.CC(C)C[C@@H]1CCCN1C.CCC12CCCN1CCC2.CCC1CCC2(CC2)N1C.CC[C@@H]1[C@@H]2C[C@]2(C)CN1C. The molecule has 4 heteroatoms. The van der Waals surface area contributed by atoms with Crippen molar-refractivity contribution in [3.63, 3.8) is 0 Å². The Morgan fingerprint density at radius 1 is 0.705 bits per heavy atom. The Hall–Kier alpha value is -0.160. The predicted molar refractivity (Wildman–Crippen MR) is 201 cm³/mol. The minimum Gasteiger partial charge on any atom is -0.303 e. The van der Waals surface area contributed by atoms with E-state index in [9.17, 15) is 0 Å². The van der Waals surface area contributed by atoms with Crippen LogP contribution in [0.3, 0.4) is 0 Å². The molecule has 7 aliphatic rings. The molecule has 1 spiro atoms. The molecular weight excluding hydrogens is 536 g/mol. The normalized spacial score (nSPS) is 34.0. The van der Waals surface area contributed by atoms with E-state index in [1.165, 1.54) is 122 Å². The van der Waals surface area contributed by atoms with Crippen LogP contribution in [0.1, 0.15) is 168 Å². The summed E-state index contributed by atoms with van der Waals surface area (Å²) in [7, 11) is 6.83. The summed E-state index contributed by atoms with van der Waals surface area (Å²) >= 11 is 0. The topological polar surface area (TPSA) is 13.0 Å². The van der Waals surface area contributed by atoms with Crippen LogP contribution in [-0.4, -0.2) is 96.1 Å². The highest BCUT2D eigenvalue weighted by Crippen LogP contribution is 2.60. The zero-order valence-electron chi connectivity index (χ0n) is 28.6. The van der Waals surface area contributed by atoms with Crippen LogP contribution >= 0.6 is 0 Å². The molecule has 44 heavy (non-hydrogen) atoms. The van der Waals surface area contributed by atoms with Crippen molar-refractivity contribution < 1.29 is 0 Å². The third-order valence-electron chi connectivity index (χ3n) is 12.9. The molecular formula is C40H86N4. The lowest BCUT2D eigenvalue weighted by molar-refractivity contribution is 0.189. The van der Waals surface area contributed by atoms with E-state index in [4.69, 9.17) is 0 Å². The van der Waals surface area contributed by atoms with Crippen molar-refractivity contribution in [3.8, 4) is 0 Å². The predicted octanol–water partition coefficient (Wildman–Crippen LogP) is 10.5. The molecule has 0 N–H and O–H groups in total. The van der Waals surface area contributed by atoms with Crippen molar-refractivity contribution in [3.05, 3.63) is 0 Å². The molecule has 2 saturated carbocycles. The second-order valence-electron chi connectivity index (χ2n) is 16.0. The van der Waals surface area contributed by atoms with Crippen LogP contribution < -0.4 is 0 Å². The van der Waals surface area contributed by atoms with Gasteiger partial charge in [-0.1, -0.05) is 71.2 Å². The van der Waals surface area contributed by atoms with Gasteiger partial charge < -0.3 is 9.80 Å². The average molecular weight is 623 g/mol. The van der Waals surface area contributed by atoms with Crippen molar-refractivity contribution >= 4 is 0 Å². The molecule has 0 aromatic carbocycles. The minimum atomic E-state index is 0. The molecule has 0 bridgehead atoms. The van der Waals surface area contributed by atoms with Crippen LogP contribution in [0.4, 0.5) is 0 Å². The van der Waals surface area contributed by atoms with E-state index in [1.54, 1.807) is 0 Å². The van der Waals surface area contributed by atoms with Gasteiger partial charge in [-0.3, -0.25) is 9.80 Å². The number of piperidine rings is 1. The first-order valence-corrected chi connectivity index (χ1v) is 17.9. The van der Waals surface area contributed by atoms with Gasteiger partial charge in [0.25, 0.3) is 0 Å². The van der Waals surface area contributed by atoms with Crippen LogP contribution in [0, 0.1) is 17.3 Å². The Balaban J connectivity index is 0.000000544. The van der Waals surface area contributed by atoms with E-state index in [-0.39, 0.29) is 29.7 Å².